The van der Waals surface area contributed by atoms with Gasteiger partial charge in [-0.15, -0.1) is 0 Å². The fraction of sp³-hybridized carbons (Fsp3) is 0.0833. The average molecular weight is 415 g/mol. The van der Waals surface area contributed by atoms with E-state index in [0.29, 0.717) is 5.11 Å². The summed E-state index contributed by atoms with van der Waals surface area (Å²) < 4.78 is 15.6. The second-order valence-corrected chi connectivity index (χ2v) is 7.50. The summed E-state index contributed by atoms with van der Waals surface area (Å²) >= 11 is 5.76. The molecule has 5 rings (SSSR count). The smallest absolute Gasteiger partial charge is 0.174 e. The van der Waals surface area contributed by atoms with Gasteiger partial charge in [-0.25, -0.2) is 4.39 Å². The molecule has 1 fully saturated rings. The summed E-state index contributed by atoms with van der Waals surface area (Å²) in [6.45, 7) is 0. The fourth-order valence-corrected chi connectivity index (χ4v) is 4.34. The first kappa shape index (κ1) is 18.5. The Morgan fingerprint density at radius 1 is 0.833 bits per heavy atom. The van der Waals surface area contributed by atoms with Crippen LogP contribution in [0.2, 0.25) is 0 Å². The summed E-state index contributed by atoms with van der Waals surface area (Å²) in [4.78, 5) is 6.72. The Balaban J connectivity index is 1.66. The Bertz CT molecular complexity index is 1160. The molecule has 3 heterocycles. The fourth-order valence-electron chi connectivity index (χ4n) is 3.99. The van der Waals surface area contributed by atoms with Gasteiger partial charge in [0.2, 0.25) is 0 Å². The van der Waals surface area contributed by atoms with Gasteiger partial charge in [0.15, 0.2) is 5.11 Å². The molecule has 6 heteroatoms. The van der Waals surface area contributed by atoms with Crippen molar-refractivity contribution < 1.29 is 4.39 Å². The number of thiocarbonyl (C=S) groups is 1. The van der Waals surface area contributed by atoms with Gasteiger partial charge in [-0.3, -0.25) is 4.98 Å². The Morgan fingerprint density at radius 2 is 1.60 bits per heavy atom. The van der Waals surface area contributed by atoms with Crippen molar-refractivity contribution >= 4 is 23.0 Å². The van der Waals surface area contributed by atoms with Crippen LogP contribution in [0.5, 0.6) is 0 Å². The minimum absolute atomic E-state index is 0.130. The van der Waals surface area contributed by atoms with Crippen LogP contribution in [0.4, 0.5) is 10.1 Å². The van der Waals surface area contributed by atoms with Gasteiger partial charge in [0, 0.05) is 29.5 Å². The average Bonchev–Trinajstić information content (AvgIpc) is 3.40. The quantitative estimate of drug-likeness (QED) is 0.466. The van der Waals surface area contributed by atoms with Crippen molar-refractivity contribution in [3.63, 3.8) is 0 Å². The molecule has 2 atom stereocenters. The van der Waals surface area contributed by atoms with Crippen molar-refractivity contribution in [2.24, 2.45) is 0 Å². The number of benzene rings is 2. The van der Waals surface area contributed by atoms with Crippen LogP contribution >= 0.6 is 12.2 Å². The standard InChI is InChI=1S/C24H19FN4S/c25-17-11-13-18(14-12-17)28-16-6-10-21(28)23-22(20-9-4-5-15-26-20)27-24(30)29(23)19-7-2-1-3-8-19/h1-16,22-23H,(H,27,30). The summed E-state index contributed by atoms with van der Waals surface area (Å²) in [6.07, 6.45) is 3.78. The third-order valence-electron chi connectivity index (χ3n) is 5.32. The second kappa shape index (κ2) is 7.72. The summed E-state index contributed by atoms with van der Waals surface area (Å²) in [6, 6.07) is 26.3. The minimum atomic E-state index is -0.256. The third-order valence-corrected chi connectivity index (χ3v) is 5.64. The van der Waals surface area contributed by atoms with Gasteiger partial charge in [0.1, 0.15) is 11.9 Å². The van der Waals surface area contributed by atoms with Gasteiger partial charge in [0.05, 0.1) is 11.7 Å². The Morgan fingerprint density at radius 3 is 2.33 bits per heavy atom. The Labute approximate surface area is 179 Å². The van der Waals surface area contributed by atoms with Crippen LogP contribution in [0, 0.1) is 5.82 Å². The van der Waals surface area contributed by atoms with E-state index in [1.54, 1.807) is 18.3 Å². The first-order valence-electron chi connectivity index (χ1n) is 9.71. The monoisotopic (exact) mass is 414 g/mol. The lowest BCUT2D eigenvalue weighted by atomic mass is 10.0. The molecule has 0 amide bonds. The van der Waals surface area contributed by atoms with E-state index in [9.17, 15) is 4.39 Å². The molecule has 4 aromatic rings. The lowest BCUT2D eigenvalue weighted by Gasteiger charge is -2.29. The number of hydrogen-bond donors (Lipinski definition) is 1. The number of nitrogens with one attached hydrogen (secondary N) is 1. The number of pyridine rings is 1. The SMILES string of the molecule is Fc1ccc(-n2cccc2C2C(c3ccccn3)NC(=S)N2c2ccccc2)cc1. The van der Waals surface area contributed by atoms with Crippen LogP contribution in [0.1, 0.15) is 23.5 Å². The van der Waals surface area contributed by atoms with Crippen LogP contribution in [0.25, 0.3) is 5.69 Å². The first-order chi connectivity index (χ1) is 14.7. The molecule has 30 heavy (non-hydrogen) atoms. The van der Waals surface area contributed by atoms with Gasteiger partial charge >= 0.3 is 0 Å². The zero-order valence-corrected chi connectivity index (χ0v) is 16.8. The van der Waals surface area contributed by atoms with Crippen molar-refractivity contribution in [3.8, 4) is 5.69 Å². The van der Waals surface area contributed by atoms with E-state index in [1.807, 2.05) is 60.8 Å². The molecular formula is C24H19FN4S. The van der Waals surface area contributed by atoms with Crippen LogP contribution < -0.4 is 10.2 Å². The number of hydrogen-bond acceptors (Lipinski definition) is 2. The minimum Gasteiger partial charge on any atom is -0.351 e. The van der Waals surface area contributed by atoms with E-state index in [4.69, 9.17) is 12.2 Å². The van der Waals surface area contributed by atoms with E-state index in [-0.39, 0.29) is 17.9 Å². The van der Waals surface area contributed by atoms with Crippen LogP contribution in [0.15, 0.2) is 97.3 Å². The lowest BCUT2D eigenvalue weighted by molar-refractivity contribution is 0.549. The molecule has 1 aliphatic heterocycles. The molecule has 1 N–H and O–H groups in total. The maximum atomic E-state index is 13.5. The molecule has 0 radical (unpaired) electrons. The van der Waals surface area contributed by atoms with Gasteiger partial charge in [0.25, 0.3) is 0 Å². The molecule has 0 aliphatic carbocycles. The van der Waals surface area contributed by atoms with Crippen molar-refractivity contribution in [3.05, 3.63) is 115 Å². The number of halogens is 1. The number of para-hydroxylation sites is 1. The lowest BCUT2D eigenvalue weighted by Crippen LogP contribution is -2.30. The van der Waals surface area contributed by atoms with E-state index < -0.39 is 0 Å². The normalized spacial score (nSPS) is 18.4. The molecule has 0 saturated carbocycles. The number of nitrogens with zero attached hydrogens (tertiary/aromatic N) is 3. The molecule has 0 bridgehead atoms. The van der Waals surface area contributed by atoms with Crippen LogP contribution in [-0.2, 0) is 0 Å². The number of aromatic nitrogens is 2. The highest BCUT2D eigenvalue weighted by molar-refractivity contribution is 7.80. The van der Waals surface area contributed by atoms with Crippen molar-refractivity contribution in [1.82, 2.24) is 14.9 Å². The van der Waals surface area contributed by atoms with Crippen molar-refractivity contribution in [2.75, 3.05) is 4.90 Å². The van der Waals surface area contributed by atoms with E-state index in [0.717, 1.165) is 22.8 Å². The van der Waals surface area contributed by atoms with Gasteiger partial charge in [-0.2, -0.15) is 0 Å². The molecule has 148 valence electrons. The topological polar surface area (TPSA) is 33.1 Å². The third kappa shape index (κ3) is 3.25. The van der Waals surface area contributed by atoms with Crippen LogP contribution in [-0.4, -0.2) is 14.7 Å². The van der Waals surface area contributed by atoms with E-state index in [2.05, 4.69) is 25.8 Å². The summed E-state index contributed by atoms with van der Waals surface area (Å²) in [5.41, 5.74) is 3.84. The molecule has 2 aromatic heterocycles. The predicted molar refractivity (Wildman–Crippen MR) is 120 cm³/mol. The summed E-state index contributed by atoms with van der Waals surface area (Å²) in [5, 5.41) is 4.11. The van der Waals surface area contributed by atoms with Crippen LogP contribution in [0.3, 0.4) is 0 Å². The molecule has 1 aliphatic rings. The Hall–Kier alpha value is -3.51. The van der Waals surface area contributed by atoms with Crippen molar-refractivity contribution in [1.29, 1.82) is 0 Å². The van der Waals surface area contributed by atoms with Crippen molar-refractivity contribution in [2.45, 2.75) is 12.1 Å². The summed E-state index contributed by atoms with van der Waals surface area (Å²) in [7, 11) is 0. The maximum absolute atomic E-state index is 13.5. The molecule has 1 saturated heterocycles. The van der Waals surface area contributed by atoms with Gasteiger partial charge in [-0.05, 0) is 72.9 Å². The van der Waals surface area contributed by atoms with E-state index >= 15 is 0 Å². The largest absolute Gasteiger partial charge is 0.351 e. The zero-order valence-electron chi connectivity index (χ0n) is 16.0. The van der Waals surface area contributed by atoms with E-state index in [1.165, 1.54) is 12.1 Å². The predicted octanol–water partition coefficient (Wildman–Crippen LogP) is 5.19. The highest BCUT2D eigenvalue weighted by Gasteiger charge is 2.42. The number of anilines is 1. The highest BCUT2D eigenvalue weighted by Crippen LogP contribution is 2.42. The first-order valence-corrected chi connectivity index (χ1v) is 10.1. The van der Waals surface area contributed by atoms with Gasteiger partial charge < -0.3 is 14.8 Å². The molecule has 2 unspecified atom stereocenters. The Kier molecular flexibility index (Phi) is 4.77. The summed E-state index contributed by atoms with van der Waals surface area (Å²) in [5.74, 6) is -0.256. The molecule has 0 spiro atoms. The maximum Gasteiger partial charge on any atom is 0.174 e. The zero-order chi connectivity index (χ0) is 20.5. The molecule has 2 aromatic carbocycles. The number of rotatable bonds is 4. The van der Waals surface area contributed by atoms with Gasteiger partial charge in [-0.1, -0.05) is 24.3 Å². The highest BCUT2D eigenvalue weighted by atomic mass is 32.1. The molecule has 4 nitrogen and oxygen atoms in total. The second-order valence-electron chi connectivity index (χ2n) is 7.11. The molecular weight excluding hydrogens is 395 g/mol.